The Kier molecular flexibility index (Phi) is 6.61. The summed E-state index contributed by atoms with van der Waals surface area (Å²) in [5.41, 5.74) is 4.50. The summed E-state index contributed by atoms with van der Waals surface area (Å²) >= 11 is 6.12. The number of carbonyl (C=O) groups excluding carboxylic acids is 2. The molecular formula is C27H28ClNO4. The van der Waals surface area contributed by atoms with Gasteiger partial charge in [0, 0.05) is 40.2 Å². The summed E-state index contributed by atoms with van der Waals surface area (Å²) in [7, 11) is 1.64. The van der Waals surface area contributed by atoms with E-state index in [4.69, 9.17) is 21.1 Å². The van der Waals surface area contributed by atoms with Crippen molar-refractivity contribution in [1.29, 1.82) is 0 Å². The number of rotatable bonds is 5. The number of benzene rings is 2. The number of ether oxygens (including phenoxy) is 2. The number of hydrogen-bond acceptors (Lipinski definition) is 5. The van der Waals surface area contributed by atoms with E-state index in [1.165, 1.54) is 0 Å². The second kappa shape index (κ2) is 9.44. The van der Waals surface area contributed by atoms with Gasteiger partial charge in [-0.3, -0.25) is 4.79 Å². The molecule has 0 spiro atoms. The van der Waals surface area contributed by atoms with Gasteiger partial charge in [0.2, 0.25) is 0 Å². The van der Waals surface area contributed by atoms with Gasteiger partial charge in [-0.05, 0) is 56.5 Å². The maximum absolute atomic E-state index is 13.6. The number of carbonyl (C=O) groups is 2. The standard InChI is InChI=1S/C27H28ClNO4/c1-15(2)33-27(31)24-16(3)29-21-13-18(20-7-5-6-8-23(20)32-4)14-22(30)26(21)25(24)17-9-11-19(28)12-10-17/h5-12,15,18,25,29H,13-14H2,1-4H3/t18-,25-/m0/s1. The van der Waals surface area contributed by atoms with Gasteiger partial charge in [0.25, 0.3) is 0 Å². The van der Waals surface area contributed by atoms with Gasteiger partial charge < -0.3 is 14.8 Å². The smallest absolute Gasteiger partial charge is 0.337 e. The maximum atomic E-state index is 13.6. The van der Waals surface area contributed by atoms with Crippen LogP contribution in [-0.4, -0.2) is 25.0 Å². The van der Waals surface area contributed by atoms with Crippen molar-refractivity contribution in [3.05, 3.63) is 87.2 Å². The molecule has 2 aromatic carbocycles. The molecule has 0 unspecified atom stereocenters. The van der Waals surface area contributed by atoms with Crippen LogP contribution >= 0.6 is 11.6 Å². The van der Waals surface area contributed by atoms with Crippen LogP contribution in [0.1, 0.15) is 56.6 Å². The van der Waals surface area contributed by atoms with Crippen molar-refractivity contribution in [3.8, 4) is 5.75 Å². The van der Waals surface area contributed by atoms with Crippen LogP contribution in [0.2, 0.25) is 5.02 Å². The first kappa shape index (κ1) is 23.1. The fourth-order valence-corrected chi connectivity index (χ4v) is 4.93. The zero-order valence-electron chi connectivity index (χ0n) is 19.3. The van der Waals surface area contributed by atoms with E-state index in [9.17, 15) is 9.59 Å². The van der Waals surface area contributed by atoms with Crippen molar-refractivity contribution in [1.82, 2.24) is 5.32 Å². The molecule has 0 radical (unpaired) electrons. The van der Waals surface area contributed by atoms with Gasteiger partial charge in [-0.15, -0.1) is 0 Å². The second-order valence-electron chi connectivity index (χ2n) is 8.76. The van der Waals surface area contributed by atoms with E-state index in [0.29, 0.717) is 34.7 Å². The number of Topliss-reactive ketones (excluding diaryl/α,β-unsaturated/α-hetero) is 1. The first-order chi connectivity index (χ1) is 15.8. The number of dihydropyridines is 1. The maximum Gasteiger partial charge on any atom is 0.337 e. The minimum atomic E-state index is -0.504. The molecule has 0 bridgehead atoms. The molecular weight excluding hydrogens is 438 g/mol. The van der Waals surface area contributed by atoms with E-state index < -0.39 is 11.9 Å². The first-order valence-corrected chi connectivity index (χ1v) is 11.5. The first-order valence-electron chi connectivity index (χ1n) is 11.1. The number of allylic oxidation sites excluding steroid dienone is 3. The molecule has 0 saturated carbocycles. The van der Waals surface area contributed by atoms with Gasteiger partial charge >= 0.3 is 5.97 Å². The number of ketones is 1. The molecule has 0 saturated heterocycles. The van der Waals surface area contributed by atoms with Crippen LogP contribution in [0.25, 0.3) is 0 Å². The predicted octanol–water partition coefficient (Wildman–Crippen LogP) is 5.66. The molecule has 0 fully saturated rings. The van der Waals surface area contributed by atoms with Crippen LogP contribution in [0, 0.1) is 0 Å². The number of nitrogens with one attached hydrogen (secondary N) is 1. The Balaban J connectivity index is 1.80. The highest BCUT2D eigenvalue weighted by Crippen LogP contribution is 2.47. The fourth-order valence-electron chi connectivity index (χ4n) is 4.80. The average molecular weight is 466 g/mol. The summed E-state index contributed by atoms with van der Waals surface area (Å²) in [5.74, 6) is -0.139. The van der Waals surface area contributed by atoms with E-state index in [1.807, 2.05) is 57.2 Å². The van der Waals surface area contributed by atoms with Crippen molar-refractivity contribution >= 4 is 23.4 Å². The lowest BCUT2D eigenvalue weighted by Crippen LogP contribution is -2.36. The third-order valence-electron chi connectivity index (χ3n) is 6.17. The van der Waals surface area contributed by atoms with Crippen LogP contribution in [0.15, 0.2) is 71.1 Å². The van der Waals surface area contributed by atoms with E-state index in [1.54, 1.807) is 19.2 Å². The number of methoxy groups -OCH3 is 1. The normalized spacial score (nSPS) is 20.5. The van der Waals surface area contributed by atoms with Gasteiger partial charge in [-0.1, -0.05) is 41.9 Å². The van der Waals surface area contributed by atoms with Crippen LogP contribution < -0.4 is 10.1 Å². The van der Waals surface area contributed by atoms with Gasteiger partial charge in [0.05, 0.1) is 18.8 Å². The molecule has 0 aromatic heterocycles. The molecule has 1 aliphatic heterocycles. The highest BCUT2D eigenvalue weighted by atomic mass is 35.5. The molecule has 33 heavy (non-hydrogen) atoms. The van der Waals surface area contributed by atoms with Crippen molar-refractivity contribution < 1.29 is 19.1 Å². The minimum Gasteiger partial charge on any atom is -0.496 e. The third kappa shape index (κ3) is 4.55. The Bertz CT molecular complexity index is 1150. The molecule has 2 atom stereocenters. The van der Waals surface area contributed by atoms with E-state index in [-0.39, 0.29) is 17.8 Å². The molecule has 5 nitrogen and oxygen atoms in total. The van der Waals surface area contributed by atoms with Gasteiger partial charge in [0.1, 0.15) is 5.75 Å². The molecule has 1 N–H and O–H groups in total. The van der Waals surface area contributed by atoms with Crippen LogP contribution in [0.3, 0.4) is 0 Å². The molecule has 4 rings (SSSR count). The summed E-state index contributed by atoms with van der Waals surface area (Å²) in [5, 5.41) is 3.97. The molecule has 172 valence electrons. The second-order valence-corrected chi connectivity index (χ2v) is 9.20. The lowest BCUT2D eigenvalue weighted by atomic mass is 9.71. The van der Waals surface area contributed by atoms with Crippen molar-refractivity contribution in [2.75, 3.05) is 7.11 Å². The summed E-state index contributed by atoms with van der Waals surface area (Å²) in [6, 6.07) is 15.1. The molecule has 0 amide bonds. The van der Waals surface area contributed by atoms with Gasteiger partial charge in [-0.2, -0.15) is 0 Å². The Labute approximate surface area is 199 Å². The zero-order valence-corrected chi connectivity index (χ0v) is 20.0. The summed E-state index contributed by atoms with van der Waals surface area (Å²) in [4.78, 5) is 26.7. The number of halogens is 1. The molecule has 1 heterocycles. The van der Waals surface area contributed by atoms with Gasteiger partial charge in [0.15, 0.2) is 5.78 Å². The van der Waals surface area contributed by atoms with E-state index >= 15 is 0 Å². The number of esters is 1. The van der Waals surface area contributed by atoms with Crippen molar-refractivity contribution in [2.45, 2.75) is 51.6 Å². The summed E-state index contributed by atoms with van der Waals surface area (Å²) in [6.07, 6.45) is 0.724. The zero-order chi connectivity index (χ0) is 23.7. The topological polar surface area (TPSA) is 64.6 Å². The average Bonchev–Trinajstić information content (AvgIpc) is 2.78. The van der Waals surface area contributed by atoms with Crippen LogP contribution in [-0.2, 0) is 14.3 Å². The Hall–Kier alpha value is -3.05. The molecule has 2 aromatic rings. The molecule has 2 aliphatic rings. The Morgan fingerprint density at radius 1 is 1.09 bits per heavy atom. The van der Waals surface area contributed by atoms with Crippen molar-refractivity contribution in [2.24, 2.45) is 0 Å². The van der Waals surface area contributed by atoms with Gasteiger partial charge in [-0.25, -0.2) is 4.79 Å². The third-order valence-corrected chi connectivity index (χ3v) is 6.42. The highest BCUT2D eigenvalue weighted by molar-refractivity contribution is 6.30. The van der Waals surface area contributed by atoms with E-state index in [0.717, 1.165) is 22.6 Å². The summed E-state index contributed by atoms with van der Waals surface area (Å²) < 4.78 is 11.1. The minimum absolute atomic E-state index is 0.0114. The molecule has 6 heteroatoms. The number of hydrogen-bond donors (Lipinski definition) is 1. The Morgan fingerprint density at radius 2 is 1.79 bits per heavy atom. The van der Waals surface area contributed by atoms with Crippen LogP contribution in [0.5, 0.6) is 5.75 Å². The van der Waals surface area contributed by atoms with E-state index in [2.05, 4.69) is 5.32 Å². The lowest BCUT2D eigenvalue weighted by Gasteiger charge is -2.37. The monoisotopic (exact) mass is 465 g/mol. The number of para-hydroxylation sites is 1. The van der Waals surface area contributed by atoms with Crippen LogP contribution in [0.4, 0.5) is 0 Å². The summed E-state index contributed by atoms with van der Waals surface area (Å²) in [6.45, 7) is 5.49. The predicted molar refractivity (Wildman–Crippen MR) is 128 cm³/mol. The molecule has 1 aliphatic carbocycles. The van der Waals surface area contributed by atoms with Crippen molar-refractivity contribution in [3.63, 3.8) is 0 Å². The quantitative estimate of drug-likeness (QED) is 0.577. The lowest BCUT2D eigenvalue weighted by molar-refractivity contribution is -0.143. The largest absolute Gasteiger partial charge is 0.496 e. The Morgan fingerprint density at radius 3 is 2.45 bits per heavy atom. The SMILES string of the molecule is COc1ccccc1[C@@H]1CC(=O)C2=C(C1)NC(C)=C(C(=O)OC(C)C)[C@@H]2c1ccc(Cl)cc1. The highest BCUT2D eigenvalue weighted by Gasteiger charge is 2.41. The fraction of sp³-hybridized carbons (Fsp3) is 0.333.